The van der Waals surface area contributed by atoms with Crippen molar-refractivity contribution in [2.45, 2.75) is 26.2 Å². The third-order valence-corrected chi connectivity index (χ3v) is 4.04. The first-order valence-electron chi connectivity index (χ1n) is 7.82. The second kappa shape index (κ2) is 7.06. The summed E-state index contributed by atoms with van der Waals surface area (Å²) < 4.78 is 0. The summed E-state index contributed by atoms with van der Waals surface area (Å²) in [5.41, 5.74) is 6.70. The predicted octanol–water partition coefficient (Wildman–Crippen LogP) is 6.43. The van der Waals surface area contributed by atoms with E-state index in [2.05, 4.69) is 99.6 Å². The van der Waals surface area contributed by atoms with Crippen LogP contribution in [0.25, 0.3) is 22.3 Å². The van der Waals surface area contributed by atoms with E-state index >= 15 is 0 Å². The molecule has 0 radical (unpaired) electrons. The van der Waals surface area contributed by atoms with Crippen LogP contribution in [0.5, 0.6) is 0 Å². The van der Waals surface area contributed by atoms with E-state index in [4.69, 9.17) is 0 Å². The lowest BCUT2D eigenvalue weighted by molar-refractivity contribution is 0.592. The van der Waals surface area contributed by atoms with Crippen LogP contribution < -0.4 is 0 Å². The zero-order valence-corrected chi connectivity index (χ0v) is 15.0. The number of benzene rings is 3. The van der Waals surface area contributed by atoms with Crippen LogP contribution in [0.1, 0.15) is 26.3 Å². The van der Waals surface area contributed by atoms with E-state index in [9.17, 15) is 0 Å². The predicted molar refractivity (Wildman–Crippen MR) is 106 cm³/mol. The highest BCUT2D eigenvalue weighted by Gasteiger charge is 2.19. The molecular weight excluding hydrogens is 296 g/mol. The van der Waals surface area contributed by atoms with Gasteiger partial charge in [0.2, 0.25) is 0 Å². The molecule has 0 fully saturated rings. The van der Waals surface area contributed by atoms with E-state index in [1.54, 1.807) is 0 Å². The highest BCUT2D eigenvalue weighted by atomic mass is 32.1. The Morgan fingerprint density at radius 3 is 1.61 bits per heavy atom. The van der Waals surface area contributed by atoms with Crippen LogP contribution in [0, 0.1) is 0 Å². The van der Waals surface area contributed by atoms with Gasteiger partial charge in [0.05, 0.1) is 0 Å². The summed E-state index contributed by atoms with van der Waals surface area (Å²) in [4.78, 5) is 0. The molecule has 0 saturated carbocycles. The normalized spacial score (nSPS) is 10.9. The molecule has 0 aliphatic heterocycles. The molecule has 0 N–H and O–H groups in total. The summed E-state index contributed by atoms with van der Waals surface area (Å²) in [7, 11) is 0. The zero-order valence-electron chi connectivity index (χ0n) is 14.0. The molecule has 23 heavy (non-hydrogen) atoms. The van der Waals surface area contributed by atoms with Crippen molar-refractivity contribution in [2.24, 2.45) is 0 Å². The molecule has 3 rings (SSSR count). The quantitative estimate of drug-likeness (QED) is 0.510. The zero-order chi connectivity index (χ0) is 15.6. The molecule has 0 atom stereocenters. The molecule has 0 amide bonds. The van der Waals surface area contributed by atoms with Gasteiger partial charge in [0.25, 0.3) is 0 Å². The van der Waals surface area contributed by atoms with Crippen molar-refractivity contribution in [3.8, 4) is 22.3 Å². The Kier molecular flexibility index (Phi) is 5.33. The summed E-state index contributed by atoms with van der Waals surface area (Å²) in [5, 5.41) is 0. The third kappa shape index (κ3) is 3.68. The monoisotopic (exact) mass is 320 g/mol. The van der Waals surface area contributed by atoms with Gasteiger partial charge in [-0.25, -0.2) is 0 Å². The van der Waals surface area contributed by atoms with E-state index in [-0.39, 0.29) is 18.9 Å². The molecule has 0 spiro atoms. The van der Waals surface area contributed by atoms with E-state index in [0.29, 0.717) is 0 Å². The number of hydrogen-bond donors (Lipinski definition) is 0. The van der Waals surface area contributed by atoms with Gasteiger partial charge in [-0.3, -0.25) is 0 Å². The summed E-state index contributed by atoms with van der Waals surface area (Å²) in [6.45, 7) is 6.82. The van der Waals surface area contributed by atoms with Crippen molar-refractivity contribution in [3.05, 3.63) is 84.4 Å². The van der Waals surface area contributed by atoms with Gasteiger partial charge in [-0.15, -0.1) is 0 Å². The lowest BCUT2D eigenvalue weighted by atomic mass is 9.80. The Bertz CT molecular complexity index is 767. The minimum absolute atomic E-state index is 0. The Morgan fingerprint density at radius 2 is 1.00 bits per heavy atom. The molecule has 0 saturated heterocycles. The Balaban J connectivity index is 0.00000192. The van der Waals surface area contributed by atoms with E-state index in [1.165, 1.54) is 27.8 Å². The SMILES string of the molecule is CC(C)(C)c1ccccc1-c1ccccc1-c1ccccc1.S. The van der Waals surface area contributed by atoms with Crippen molar-refractivity contribution in [1.82, 2.24) is 0 Å². The van der Waals surface area contributed by atoms with Gasteiger partial charge >= 0.3 is 0 Å². The first kappa shape index (κ1) is 17.4. The Morgan fingerprint density at radius 1 is 0.522 bits per heavy atom. The highest BCUT2D eigenvalue weighted by Crippen LogP contribution is 2.37. The lowest BCUT2D eigenvalue weighted by Gasteiger charge is -2.24. The second-order valence-electron chi connectivity index (χ2n) is 6.71. The van der Waals surface area contributed by atoms with Crippen LogP contribution in [0.2, 0.25) is 0 Å². The minimum atomic E-state index is 0. The van der Waals surface area contributed by atoms with Gasteiger partial charge in [-0.05, 0) is 33.2 Å². The first-order valence-corrected chi connectivity index (χ1v) is 7.82. The minimum Gasteiger partial charge on any atom is -0.197 e. The third-order valence-electron chi connectivity index (χ3n) is 4.04. The molecule has 0 unspecified atom stereocenters. The standard InChI is InChI=1S/C22H22.H2S/c1-22(2,3)21-16-10-9-15-20(21)19-14-8-7-13-18(19)17-11-5-4-6-12-17;/h4-16H,1-3H3;1H2. The maximum Gasteiger partial charge on any atom is -0.0102 e. The fourth-order valence-electron chi connectivity index (χ4n) is 2.96. The van der Waals surface area contributed by atoms with Gasteiger partial charge < -0.3 is 0 Å². The number of rotatable bonds is 2. The Hall–Kier alpha value is -1.99. The van der Waals surface area contributed by atoms with Crippen molar-refractivity contribution in [3.63, 3.8) is 0 Å². The molecule has 0 bridgehead atoms. The molecule has 0 nitrogen and oxygen atoms in total. The summed E-state index contributed by atoms with van der Waals surface area (Å²) >= 11 is 0. The summed E-state index contributed by atoms with van der Waals surface area (Å²) in [6.07, 6.45) is 0. The molecule has 0 heterocycles. The molecule has 0 aromatic heterocycles. The topological polar surface area (TPSA) is 0 Å². The second-order valence-corrected chi connectivity index (χ2v) is 6.71. The molecular formula is C22H24S. The van der Waals surface area contributed by atoms with Gasteiger partial charge in [0.15, 0.2) is 0 Å². The average Bonchev–Trinajstić information content (AvgIpc) is 2.55. The van der Waals surface area contributed by atoms with Gasteiger partial charge in [0, 0.05) is 0 Å². The van der Waals surface area contributed by atoms with Crippen LogP contribution in [0.3, 0.4) is 0 Å². The van der Waals surface area contributed by atoms with Crippen LogP contribution in [0.15, 0.2) is 78.9 Å². The maximum atomic E-state index is 2.27. The van der Waals surface area contributed by atoms with E-state index in [1.807, 2.05) is 0 Å². The molecule has 1 heteroatoms. The highest BCUT2D eigenvalue weighted by molar-refractivity contribution is 7.59. The first-order chi connectivity index (χ1) is 10.6. The van der Waals surface area contributed by atoms with Crippen LogP contribution in [0.4, 0.5) is 0 Å². The fraction of sp³-hybridized carbons (Fsp3) is 0.182. The molecule has 118 valence electrons. The largest absolute Gasteiger partial charge is 0.197 e. The van der Waals surface area contributed by atoms with Crippen molar-refractivity contribution < 1.29 is 0 Å². The van der Waals surface area contributed by atoms with E-state index < -0.39 is 0 Å². The van der Waals surface area contributed by atoms with Crippen molar-refractivity contribution >= 4 is 13.5 Å². The van der Waals surface area contributed by atoms with E-state index in [0.717, 1.165) is 0 Å². The lowest BCUT2D eigenvalue weighted by Crippen LogP contribution is -2.12. The molecule has 0 aliphatic carbocycles. The Labute approximate surface area is 146 Å². The van der Waals surface area contributed by atoms with Crippen molar-refractivity contribution in [1.29, 1.82) is 0 Å². The average molecular weight is 321 g/mol. The van der Waals surface area contributed by atoms with Crippen molar-refractivity contribution in [2.75, 3.05) is 0 Å². The van der Waals surface area contributed by atoms with Crippen LogP contribution in [-0.4, -0.2) is 0 Å². The fourth-order valence-corrected chi connectivity index (χ4v) is 2.96. The molecule has 0 aliphatic rings. The molecule has 3 aromatic carbocycles. The maximum absolute atomic E-state index is 2.27. The van der Waals surface area contributed by atoms with Crippen LogP contribution in [-0.2, 0) is 5.41 Å². The smallest absolute Gasteiger partial charge is 0.0102 e. The molecule has 3 aromatic rings. The summed E-state index contributed by atoms with van der Waals surface area (Å²) in [5.74, 6) is 0. The van der Waals surface area contributed by atoms with Gasteiger partial charge in [-0.2, -0.15) is 13.5 Å². The summed E-state index contributed by atoms with van der Waals surface area (Å²) in [6, 6.07) is 28.1. The van der Waals surface area contributed by atoms with Gasteiger partial charge in [-0.1, -0.05) is 99.6 Å². The van der Waals surface area contributed by atoms with Crippen LogP contribution >= 0.6 is 13.5 Å². The number of hydrogen-bond acceptors (Lipinski definition) is 0. The van der Waals surface area contributed by atoms with Gasteiger partial charge in [0.1, 0.15) is 0 Å².